The molecule has 0 amide bonds. The van der Waals surface area contributed by atoms with E-state index >= 15 is 0 Å². The van der Waals surface area contributed by atoms with Gasteiger partial charge in [0.15, 0.2) is 6.61 Å². The Morgan fingerprint density at radius 1 is 1.19 bits per heavy atom. The van der Waals surface area contributed by atoms with Gasteiger partial charge in [0.05, 0.1) is 0 Å². The molecule has 3 nitrogen and oxygen atoms in total. The zero-order chi connectivity index (χ0) is 15.2. The fourth-order valence-electron chi connectivity index (χ4n) is 1.95. The van der Waals surface area contributed by atoms with Gasteiger partial charge in [-0.2, -0.15) is 5.26 Å². The molecule has 1 unspecified atom stereocenters. The predicted molar refractivity (Wildman–Crippen MR) is 75.9 cm³/mol. The molecule has 0 radical (unpaired) electrons. The lowest BCUT2D eigenvalue weighted by molar-refractivity contribution is 0.368. The highest BCUT2D eigenvalue weighted by atomic mass is 19.1. The van der Waals surface area contributed by atoms with Gasteiger partial charge in [0.25, 0.3) is 0 Å². The van der Waals surface area contributed by atoms with Crippen molar-refractivity contribution >= 4 is 5.69 Å². The van der Waals surface area contributed by atoms with Crippen LogP contribution >= 0.6 is 0 Å². The molecule has 0 saturated carbocycles. The summed E-state index contributed by atoms with van der Waals surface area (Å²) in [6.45, 7) is 1.77. The first-order chi connectivity index (χ1) is 10.1. The Balaban J connectivity index is 2.12. The molecule has 0 aliphatic carbocycles. The summed E-state index contributed by atoms with van der Waals surface area (Å²) in [6, 6.07) is 12.1. The average Bonchev–Trinajstić information content (AvgIpc) is 2.44. The van der Waals surface area contributed by atoms with Crippen LogP contribution in [-0.4, -0.2) is 6.61 Å². The second kappa shape index (κ2) is 6.71. The molecule has 1 atom stereocenters. The Kier molecular flexibility index (Phi) is 4.72. The molecule has 0 bridgehead atoms. The van der Waals surface area contributed by atoms with Crippen molar-refractivity contribution in [2.75, 3.05) is 11.9 Å². The molecule has 5 heteroatoms. The second-order valence-corrected chi connectivity index (χ2v) is 4.54. The molecule has 2 rings (SSSR count). The van der Waals surface area contributed by atoms with Crippen molar-refractivity contribution in [3.8, 4) is 11.8 Å². The molecule has 0 fully saturated rings. The second-order valence-electron chi connectivity index (χ2n) is 4.54. The summed E-state index contributed by atoms with van der Waals surface area (Å²) < 4.78 is 31.6. The van der Waals surface area contributed by atoms with Crippen molar-refractivity contribution in [1.82, 2.24) is 0 Å². The summed E-state index contributed by atoms with van der Waals surface area (Å²) in [6.07, 6.45) is 0. The highest BCUT2D eigenvalue weighted by Gasteiger charge is 2.09. The fourth-order valence-corrected chi connectivity index (χ4v) is 1.95. The van der Waals surface area contributed by atoms with Gasteiger partial charge in [-0.1, -0.05) is 6.07 Å². The standard InChI is InChI=1S/C16H14F2N2O/c1-11(12-7-13(17)9-14(18)8-12)20-15-3-2-4-16(10-15)21-6-5-19/h2-4,7-11,20H,6H2,1H3. The van der Waals surface area contributed by atoms with E-state index in [1.807, 2.05) is 12.1 Å². The van der Waals surface area contributed by atoms with Gasteiger partial charge in [-0.3, -0.25) is 0 Å². The van der Waals surface area contributed by atoms with Crippen molar-refractivity contribution in [3.63, 3.8) is 0 Å². The van der Waals surface area contributed by atoms with E-state index in [1.54, 1.807) is 25.1 Å². The number of rotatable bonds is 5. The Hall–Kier alpha value is -2.61. The Labute approximate surface area is 121 Å². The molecule has 0 spiro atoms. The third kappa shape index (κ3) is 4.18. The first kappa shape index (κ1) is 14.8. The largest absolute Gasteiger partial charge is 0.479 e. The minimum Gasteiger partial charge on any atom is -0.479 e. The van der Waals surface area contributed by atoms with Crippen LogP contribution in [0.15, 0.2) is 42.5 Å². The highest BCUT2D eigenvalue weighted by Crippen LogP contribution is 2.23. The molecule has 2 aromatic rings. The van der Waals surface area contributed by atoms with E-state index in [2.05, 4.69) is 5.32 Å². The lowest BCUT2D eigenvalue weighted by Crippen LogP contribution is -2.07. The van der Waals surface area contributed by atoms with Gasteiger partial charge in [0.1, 0.15) is 23.5 Å². The van der Waals surface area contributed by atoms with Crippen LogP contribution in [-0.2, 0) is 0 Å². The van der Waals surface area contributed by atoms with Crippen molar-refractivity contribution < 1.29 is 13.5 Å². The van der Waals surface area contributed by atoms with Crippen LogP contribution in [0.4, 0.5) is 14.5 Å². The molecule has 2 aromatic carbocycles. The number of hydrogen-bond acceptors (Lipinski definition) is 3. The van der Waals surface area contributed by atoms with Gasteiger partial charge in [-0.05, 0) is 36.8 Å². The van der Waals surface area contributed by atoms with E-state index in [4.69, 9.17) is 10.00 Å². The molecule has 0 saturated heterocycles. The van der Waals surface area contributed by atoms with E-state index in [1.165, 1.54) is 12.1 Å². The lowest BCUT2D eigenvalue weighted by atomic mass is 10.1. The quantitative estimate of drug-likeness (QED) is 0.903. The maximum Gasteiger partial charge on any atom is 0.174 e. The van der Waals surface area contributed by atoms with Crippen LogP contribution < -0.4 is 10.1 Å². The third-order valence-corrected chi connectivity index (χ3v) is 2.91. The minimum absolute atomic E-state index is 0.0336. The van der Waals surface area contributed by atoms with Crippen LogP contribution in [0.3, 0.4) is 0 Å². The number of nitriles is 1. The first-order valence-corrected chi connectivity index (χ1v) is 6.41. The van der Waals surface area contributed by atoms with E-state index < -0.39 is 11.6 Å². The Bertz CT molecular complexity index is 647. The number of nitrogens with zero attached hydrogens (tertiary/aromatic N) is 1. The number of nitrogens with one attached hydrogen (secondary N) is 1. The van der Waals surface area contributed by atoms with E-state index in [0.29, 0.717) is 11.3 Å². The van der Waals surface area contributed by atoms with Gasteiger partial charge in [-0.25, -0.2) is 8.78 Å². The van der Waals surface area contributed by atoms with Crippen LogP contribution in [0.25, 0.3) is 0 Å². The molecule has 0 aromatic heterocycles. The monoisotopic (exact) mass is 288 g/mol. The smallest absolute Gasteiger partial charge is 0.174 e. The van der Waals surface area contributed by atoms with Crippen LogP contribution in [0.2, 0.25) is 0 Å². The Morgan fingerprint density at radius 3 is 2.57 bits per heavy atom. The van der Waals surface area contributed by atoms with Crippen molar-refractivity contribution in [3.05, 3.63) is 59.7 Å². The molecule has 1 N–H and O–H groups in total. The maximum absolute atomic E-state index is 13.2. The van der Waals surface area contributed by atoms with Crippen molar-refractivity contribution in [1.29, 1.82) is 5.26 Å². The van der Waals surface area contributed by atoms with Crippen molar-refractivity contribution in [2.45, 2.75) is 13.0 Å². The molecular weight excluding hydrogens is 274 g/mol. The molecule has 21 heavy (non-hydrogen) atoms. The molecule has 0 heterocycles. The predicted octanol–water partition coefficient (Wildman–Crippen LogP) is 4.04. The van der Waals surface area contributed by atoms with Gasteiger partial charge >= 0.3 is 0 Å². The van der Waals surface area contributed by atoms with Crippen molar-refractivity contribution in [2.24, 2.45) is 0 Å². The fraction of sp³-hybridized carbons (Fsp3) is 0.188. The molecule has 108 valence electrons. The summed E-state index contributed by atoms with van der Waals surface area (Å²) in [7, 11) is 0. The minimum atomic E-state index is -0.607. The van der Waals surface area contributed by atoms with E-state index in [-0.39, 0.29) is 12.6 Å². The molecule has 0 aliphatic rings. The summed E-state index contributed by atoms with van der Waals surface area (Å²) in [4.78, 5) is 0. The lowest BCUT2D eigenvalue weighted by Gasteiger charge is -2.16. The van der Waals surface area contributed by atoms with Crippen LogP contribution in [0, 0.1) is 23.0 Å². The number of hydrogen-bond donors (Lipinski definition) is 1. The summed E-state index contributed by atoms with van der Waals surface area (Å²) in [5, 5.41) is 11.6. The average molecular weight is 288 g/mol. The van der Waals surface area contributed by atoms with Gasteiger partial charge in [0, 0.05) is 23.9 Å². The number of anilines is 1. The first-order valence-electron chi connectivity index (χ1n) is 6.41. The van der Waals surface area contributed by atoms with Gasteiger partial charge in [-0.15, -0.1) is 0 Å². The zero-order valence-electron chi connectivity index (χ0n) is 11.4. The maximum atomic E-state index is 13.2. The molecular formula is C16H14F2N2O. The normalized spacial score (nSPS) is 11.5. The van der Waals surface area contributed by atoms with Crippen LogP contribution in [0.5, 0.6) is 5.75 Å². The number of halogens is 2. The van der Waals surface area contributed by atoms with Gasteiger partial charge < -0.3 is 10.1 Å². The Morgan fingerprint density at radius 2 is 1.90 bits per heavy atom. The summed E-state index contributed by atoms with van der Waals surface area (Å²) in [5.41, 5.74) is 1.25. The molecule has 0 aliphatic heterocycles. The zero-order valence-corrected chi connectivity index (χ0v) is 11.4. The third-order valence-electron chi connectivity index (χ3n) is 2.91. The van der Waals surface area contributed by atoms with E-state index in [0.717, 1.165) is 11.8 Å². The topological polar surface area (TPSA) is 45.0 Å². The van der Waals surface area contributed by atoms with Crippen LogP contribution in [0.1, 0.15) is 18.5 Å². The summed E-state index contributed by atoms with van der Waals surface area (Å²) in [5.74, 6) is -0.659. The van der Waals surface area contributed by atoms with E-state index in [9.17, 15) is 8.78 Å². The highest BCUT2D eigenvalue weighted by molar-refractivity contribution is 5.49. The number of benzene rings is 2. The van der Waals surface area contributed by atoms with Gasteiger partial charge in [0.2, 0.25) is 0 Å². The SMILES string of the molecule is CC(Nc1cccc(OCC#N)c1)c1cc(F)cc(F)c1. The summed E-state index contributed by atoms with van der Waals surface area (Å²) >= 11 is 0. The number of ether oxygens (including phenoxy) is 1.